The Labute approximate surface area is 204 Å². The molecule has 1 aromatic heterocycles. The van der Waals surface area contributed by atoms with Gasteiger partial charge in [0.2, 0.25) is 5.91 Å². The monoisotopic (exact) mass is 482 g/mol. The number of carbonyl (C=O) groups excluding carboxylic acids is 2. The molecule has 0 aliphatic rings. The van der Waals surface area contributed by atoms with E-state index in [0.29, 0.717) is 29.4 Å². The average molecular weight is 483 g/mol. The first kappa shape index (κ1) is 25.2. The van der Waals surface area contributed by atoms with Crippen molar-refractivity contribution in [2.75, 3.05) is 26.6 Å². The Morgan fingerprint density at radius 1 is 0.941 bits per heavy atom. The fourth-order valence-corrected chi connectivity index (χ4v) is 4.50. The molecular formula is C26H30N2O5S. The molecule has 1 heterocycles. The number of ether oxygens (including phenoxy) is 3. The topological polar surface area (TPSA) is 86.8 Å². The lowest BCUT2D eigenvalue weighted by Crippen LogP contribution is -2.14. The molecule has 34 heavy (non-hydrogen) atoms. The molecule has 3 aromatic rings. The van der Waals surface area contributed by atoms with Crippen LogP contribution in [-0.4, -0.2) is 37.4 Å². The van der Waals surface area contributed by atoms with Crippen LogP contribution < -0.4 is 19.5 Å². The van der Waals surface area contributed by atoms with Gasteiger partial charge in [-0.05, 0) is 60.3 Å². The van der Waals surface area contributed by atoms with E-state index in [-0.39, 0.29) is 24.5 Å². The summed E-state index contributed by atoms with van der Waals surface area (Å²) in [4.78, 5) is 24.3. The van der Waals surface area contributed by atoms with Gasteiger partial charge in [-0.15, -0.1) is 0 Å². The number of hydrogen-bond acceptors (Lipinski definition) is 7. The Bertz CT molecular complexity index is 1170. The van der Waals surface area contributed by atoms with Crippen molar-refractivity contribution in [1.29, 1.82) is 0 Å². The molecule has 0 spiro atoms. The van der Waals surface area contributed by atoms with Crippen molar-refractivity contribution in [3.05, 3.63) is 41.3 Å². The number of amides is 1. The number of aryl methyl sites for hydroxylation is 1. The van der Waals surface area contributed by atoms with Crippen LogP contribution in [-0.2, 0) is 9.59 Å². The molecule has 0 bridgehead atoms. The third-order valence-corrected chi connectivity index (χ3v) is 6.08. The highest BCUT2D eigenvalue weighted by molar-refractivity contribution is 7.04. The third-order valence-electron chi connectivity index (χ3n) is 5.45. The van der Waals surface area contributed by atoms with Crippen molar-refractivity contribution in [3.8, 4) is 39.6 Å². The fourth-order valence-electron chi connectivity index (χ4n) is 3.78. The van der Waals surface area contributed by atoms with Crippen LogP contribution in [0.5, 0.6) is 17.2 Å². The lowest BCUT2D eigenvalue weighted by Gasteiger charge is -2.14. The van der Waals surface area contributed by atoms with E-state index >= 15 is 0 Å². The van der Waals surface area contributed by atoms with Crippen molar-refractivity contribution in [1.82, 2.24) is 4.37 Å². The van der Waals surface area contributed by atoms with E-state index in [9.17, 15) is 9.59 Å². The molecule has 2 aromatic carbocycles. The van der Waals surface area contributed by atoms with E-state index in [0.717, 1.165) is 34.4 Å². The highest BCUT2D eigenvalue weighted by Crippen LogP contribution is 2.41. The van der Waals surface area contributed by atoms with E-state index in [2.05, 4.69) is 9.69 Å². The number of nitrogens with one attached hydrogen (secondary N) is 1. The zero-order valence-corrected chi connectivity index (χ0v) is 21.0. The quantitative estimate of drug-likeness (QED) is 0.366. The van der Waals surface area contributed by atoms with Gasteiger partial charge in [0.1, 0.15) is 11.5 Å². The molecule has 7 nitrogen and oxygen atoms in total. The first-order chi connectivity index (χ1) is 16.4. The maximum Gasteiger partial charge on any atom is 0.224 e. The maximum absolute atomic E-state index is 12.5. The Morgan fingerprint density at radius 3 is 2.38 bits per heavy atom. The largest absolute Gasteiger partial charge is 0.495 e. The molecule has 0 unspecified atom stereocenters. The summed E-state index contributed by atoms with van der Waals surface area (Å²) in [6.07, 6.45) is 1.66. The smallest absolute Gasteiger partial charge is 0.224 e. The van der Waals surface area contributed by atoms with Crippen LogP contribution >= 0.6 is 11.5 Å². The average Bonchev–Trinajstić information content (AvgIpc) is 3.32. The summed E-state index contributed by atoms with van der Waals surface area (Å²) in [5.41, 5.74) is 5.01. The van der Waals surface area contributed by atoms with Gasteiger partial charge in [-0.25, -0.2) is 0 Å². The minimum absolute atomic E-state index is 0.0950. The molecule has 8 heteroatoms. The number of aromatic nitrogens is 1. The second-order valence-corrected chi connectivity index (χ2v) is 8.49. The summed E-state index contributed by atoms with van der Waals surface area (Å²) in [6, 6.07) is 9.53. The van der Waals surface area contributed by atoms with Crippen molar-refractivity contribution >= 4 is 28.9 Å². The minimum atomic E-state index is -0.223. The molecule has 0 aliphatic carbocycles. The lowest BCUT2D eigenvalue weighted by atomic mass is 9.99. The summed E-state index contributed by atoms with van der Waals surface area (Å²) in [5.74, 6) is 1.74. The Morgan fingerprint density at radius 2 is 1.71 bits per heavy atom. The summed E-state index contributed by atoms with van der Waals surface area (Å²) in [7, 11) is 4.78. The number of carbonyl (C=O) groups is 2. The summed E-state index contributed by atoms with van der Waals surface area (Å²) >= 11 is 1.35. The van der Waals surface area contributed by atoms with Crippen molar-refractivity contribution in [3.63, 3.8) is 0 Å². The third kappa shape index (κ3) is 5.75. The van der Waals surface area contributed by atoms with E-state index in [1.807, 2.05) is 49.6 Å². The molecule has 0 radical (unpaired) electrons. The molecule has 0 saturated heterocycles. The highest BCUT2D eigenvalue weighted by atomic mass is 32.1. The Hall–Kier alpha value is -3.39. The second-order valence-electron chi connectivity index (χ2n) is 7.86. The van der Waals surface area contributed by atoms with Gasteiger partial charge in [-0.1, -0.05) is 13.0 Å². The standard InChI is InChI=1S/C26H30N2O5S/c1-6-7-19(29)9-11-24(30)27-21-13-17(8-10-22(21)31-3)20-15-34-28-25(20)18-12-16(2)26(33-5)23(14-18)32-4/h8,10,12-15H,6-7,9,11H2,1-5H3,(H,27,30). The van der Waals surface area contributed by atoms with Crippen LogP contribution in [0.25, 0.3) is 22.4 Å². The van der Waals surface area contributed by atoms with E-state index in [4.69, 9.17) is 14.2 Å². The number of nitrogens with zero attached hydrogens (tertiary/aromatic N) is 1. The molecule has 0 aliphatic heterocycles. The molecular weight excluding hydrogens is 452 g/mol. The van der Waals surface area contributed by atoms with Gasteiger partial charge in [0.05, 0.1) is 32.7 Å². The van der Waals surface area contributed by atoms with Gasteiger partial charge in [0, 0.05) is 35.8 Å². The summed E-state index contributed by atoms with van der Waals surface area (Å²) < 4.78 is 21.0. The van der Waals surface area contributed by atoms with Gasteiger partial charge < -0.3 is 19.5 Å². The lowest BCUT2D eigenvalue weighted by molar-refractivity contribution is -0.122. The Balaban J connectivity index is 1.91. The zero-order chi connectivity index (χ0) is 24.7. The second kappa shape index (κ2) is 11.7. The van der Waals surface area contributed by atoms with Crippen molar-refractivity contribution in [2.24, 2.45) is 0 Å². The molecule has 180 valence electrons. The number of Topliss-reactive ketones (excluding diaryl/α,β-unsaturated/α-hetero) is 1. The van der Waals surface area contributed by atoms with Crippen molar-refractivity contribution < 1.29 is 23.8 Å². The van der Waals surface area contributed by atoms with Crippen LogP contribution in [0.2, 0.25) is 0 Å². The van der Waals surface area contributed by atoms with Gasteiger partial charge in [0.15, 0.2) is 11.5 Å². The molecule has 1 amide bonds. The number of hydrogen-bond donors (Lipinski definition) is 1. The first-order valence-electron chi connectivity index (χ1n) is 11.1. The predicted octanol–water partition coefficient (Wildman–Crippen LogP) is 5.90. The van der Waals surface area contributed by atoms with E-state index in [1.54, 1.807) is 21.3 Å². The highest BCUT2D eigenvalue weighted by Gasteiger charge is 2.18. The SMILES string of the molecule is CCCC(=O)CCC(=O)Nc1cc(-c2csnc2-c2cc(C)c(OC)c(OC)c2)ccc1OC. The normalized spacial score (nSPS) is 10.6. The first-order valence-corrected chi connectivity index (χ1v) is 11.9. The van der Waals surface area contributed by atoms with E-state index < -0.39 is 0 Å². The Kier molecular flexibility index (Phi) is 8.65. The summed E-state index contributed by atoms with van der Waals surface area (Å²) in [5, 5.41) is 4.86. The maximum atomic E-state index is 12.5. The molecule has 0 saturated carbocycles. The van der Waals surface area contributed by atoms with Gasteiger partial charge in [0.25, 0.3) is 0 Å². The zero-order valence-electron chi connectivity index (χ0n) is 20.2. The number of rotatable bonds is 11. The van der Waals surface area contributed by atoms with Crippen LogP contribution in [0.3, 0.4) is 0 Å². The minimum Gasteiger partial charge on any atom is -0.495 e. The van der Waals surface area contributed by atoms with Crippen LogP contribution in [0.4, 0.5) is 5.69 Å². The molecule has 0 atom stereocenters. The van der Waals surface area contributed by atoms with Gasteiger partial charge in [-0.3, -0.25) is 9.59 Å². The number of methoxy groups -OCH3 is 3. The molecule has 1 N–H and O–H groups in total. The van der Waals surface area contributed by atoms with Crippen LogP contribution in [0.1, 0.15) is 38.2 Å². The number of anilines is 1. The fraction of sp³-hybridized carbons (Fsp3) is 0.346. The van der Waals surface area contributed by atoms with Crippen molar-refractivity contribution in [2.45, 2.75) is 39.5 Å². The molecule has 3 rings (SSSR count). The van der Waals surface area contributed by atoms with Gasteiger partial charge >= 0.3 is 0 Å². The van der Waals surface area contributed by atoms with Crippen LogP contribution in [0.15, 0.2) is 35.7 Å². The number of ketones is 1. The predicted molar refractivity (Wildman–Crippen MR) is 135 cm³/mol. The number of benzene rings is 2. The van der Waals surface area contributed by atoms with Gasteiger partial charge in [-0.2, -0.15) is 4.37 Å². The molecule has 0 fully saturated rings. The van der Waals surface area contributed by atoms with E-state index in [1.165, 1.54) is 11.5 Å². The summed E-state index contributed by atoms with van der Waals surface area (Å²) in [6.45, 7) is 3.91. The van der Waals surface area contributed by atoms with Crippen LogP contribution in [0, 0.1) is 6.92 Å².